The molecule has 0 aromatic heterocycles. The summed E-state index contributed by atoms with van der Waals surface area (Å²) in [6.07, 6.45) is 8.42. The second kappa shape index (κ2) is 5.63. The van der Waals surface area contributed by atoms with Crippen LogP contribution in [-0.2, 0) is 14.3 Å². The second-order valence-electron chi connectivity index (χ2n) is 7.02. The van der Waals surface area contributed by atoms with E-state index in [1.54, 1.807) is 0 Å². The Morgan fingerprint density at radius 1 is 1.36 bits per heavy atom. The minimum atomic E-state index is -0.0402. The summed E-state index contributed by atoms with van der Waals surface area (Å²) in [6.45, 7) is 2.59. The van der Waals surface area contributed by atoms with Crippen LogP contribution in [0.1, 0.15) is 45.4 Å². The molecule has 4 rings (SSSR count). The molecule has 0 N–H and O–H groups in total. The topological polar surface area (TPSA) is 35.5 Å². The molecule has 2 aliphatic heterocycles. The molecule has 3 nitrogen and oxygen atoms in total. The molecule has 0 aromatic carbocycles. The van der Waals surface area contributed by atoms with Crippen molar-refractivity contribution < 1.29 is 14.3 Å². The van der Waals surface area contributed by atoms with Gasteiger partial charge in [0.1, 0.15) is 5.76 Å². The summed E-state index contributed by atoms with van der Waals surface area (Å²) in [5, 5.41) is 0. The lowest BCUT2D eigenvalue weighted by atomic mass is 9.74. The number of hydrogen-bond acceptors (Lipinski definition) is 4. The van der Waals surface area contributed by atoms with Crippen molar-refractivity contribution in [3.8, 4) is 0 Å². The number of hydrogen-bond donors (Lipinski definition) is 0. The molecule has 0 amide bonds. The van der Waals surface area contributed by atoms with Crippen molar-refractivity contribution in [2.24, 2.45) is 17.3 Å². The van der Waals surface area contributed by atoms with E-state index in [1.807, 2.05) is 18.7 Å². The fraction of sp³-hybridized carbons (Fsp3) is 0.722. The molecule has 2 heterocycles. The molecule has 0 bridgehead atoms. The molecule has 2 aliphatic carbocycles. The van der Waals surface area contributed by atoms with Crippen molar-refractivity contribution >= 4 is 17.5 Å². The first kappa shape index (κ1) is 14.7. The fourth-order valence-electron chi connectivity index (χ4n) is 4.22. The van der Waals surface area contributed by atoms with Crippen LogP contribution in [0.5, 0.6) is 0 Å². The minimum Gasteiger partial charge on any atom is -0.466 e. The van der Waals surface area contributed by atoms with E-state index in [0.717, 1.165) is 37.0 Å². The number of fused-ring (bicyclic) bond motifs is 1. The highest BCUT2D eigenvalue weighted by atomic mass is 32.2. The Bertz CT molecular complexity index is 539. The lowest BCUT2D eigenvalue weighted by molar-refractivity contribution is -0.118. The Morgan fingerprint density at radius 2 is 2.23 bits per heavy atom. The summed E-state index contributed by atoms with van der Waals surface area (Å²) in [5.41, 5.74) is 0.942. The number of carbonyl (C=O) groups is 1. The number of ketones is 1. The maximum atomic E-state index is 12.8. The lowest BCUT2D eigenvalue weighted by Crippen LogP contribution is -2.33. The Balaban J connectivity index is 1.57. The third-order valence-corrected chi connectivity index (χ3v) is 6.75. The molecule has 1 saturated heterocycles. The molecule has 2 unspecified atom stereocenters. The van der Waals surface area contributed by atoms with Crippen molar-refractivity contribution in [2.45, 2.75) is 45.4 Å². The van der Waals surface area contributed by atoms with Crippen LogP contribution in [0.15, 0.2) is 23.4 Å². The average Bonchev–Trinajstić information content (AvgIpc) is 3.27. The van der Waals surface area contributed by atoms with Crippen molar-refractivity contribution in [1.29, 1.82) is 0 Å². The Morgan fingerprint density at radius 3 is 2.91 bits per heavy atom. The predicted octanol–water partition coefficient (Wildman–Crippen LogP) is 4.05. The smallest absolute Gasteiger partial charge is 0.281 e. The maximum absolute atomic E-state index is 12.8. The van der Waals surface area contributed by atoms with Crippen molar-refractivity contribution in [3.63, 3.8) is 0 Å². The molecule has 2 fully saturated rings. The zero-order valence-electron chi connectivity index (χ0n) is 13.2. The molecule has 0 radical (unpaired) electrons. The Kier molecular flexibility index (Phi) is 3.75. The van der Waals surface area contributed by atoms with Crippen molar-refractivity contribution in [2.75, 3.05) is 18.1 Å². The maximum Gasteiger partial charge on any atom is 0.281 e. The second-order valence-corrected chi connectivity index (χ2v) is 8.17. The molecule has 22 heavy (non-hydrogen) atoms. The van der Waals surface area contributed by atoms with Gasteiger partial charge in [-0.1, -0.05) is 0 Å². The fourth-order valence-corrected chi connectivity index (χ4v) is 5.50. The van der Waals surface area contributed by atoms with Gasteiger partial charge in [-0.15, -0.1) is 0 Å². The largest absolute Gasteiger partial charge is 0.466 e. The molecule has 0 aromatic rings. The highest BCUT2D eigenvalue weighted by molar-refractivity contribution is 7.99. The van der Waals surface area contributed by atoms with E-state index >= 15 is 0 Å². The summed E-state index contributed by atoms with van der Waals surface area (Å²) in [7, 11) is 0. The van der Waals surface area contributed by atoms with Crippen molar-refractivity contribution in [3.05, 3.63) is 23.4 Å². The van der Waals surface area contributed by atoms with Gasteiger partial charge in [0, 0.05) is 29.9 Å². The number of Topliss-reactive ketones (excluding diaryl/α,β-unsaturated/α-hetero) is 1. The van der Waals surface area contributed by atoms with Crippen LogP contribution in [0, 0.1) is 17.3 Å². The first-order valence-electron chi connectivity index (χ1n) is 8.60. The van der Waals surface area contributed by atoms with E-state index in [2.05, 4.69) is 6.08 Å². The molecule has 120 valence electrons. The number of allylic oxidation sites excluding steroid dienone is 3. The first-order chi connectivity index (χ1) is 10.7. The molecule has 4 aliphatic rings. The van der Waals surface area contributed by atoms with Gasteiger partial charge in [-0.05, 0) is 55.9 Å². The molecule has 2 atom stereocenters. The summed E-state index contributed by atoms with van der Waals surface area (Å²) >= 11 is 2.04. The minimum absolute atomic E-state index is 0.0402. The first-order valence-corrected chi connectivity index (χ1v) is 9.75. The quantitative estimate of drug-likeness (QED) is 0.786. The highest BCUT2D eigenvalue weighted by Gasteiger charge is 2.53. The summed E-state index contributed by atoms with van der Waals surface area (Å²) in [5.74, 6) is 5.53. The molecular weight excluding hydrogens is 296 g/mol. The van der Waals surface area contributed by atoms with E-state index in [1.165, 1.54) is 24.3 Å². The van der Waals surface area contributed by atoms with Gasteiger partial charge in [-0.3, -0.25) is 4.79 Å². The Labute approximate surface area is 136 Å². The van der Waals surface area contributed by atoms with Gasteiger partial charge in [-0.2, -0.15) is 11.8 Å². The van der Waals surface area contributed by atoms with Gasteiger partial charge in [0.05, 0.1) is 6.61 Å². The van der Waals surface area contributed by atoms with Crippen LogP contribution >= 0.6 is 11.8 Å². The zero-order valence-corrected chi connectivity index (χ0v) is 14.0. The zero-order chi connectivity index (χ0) is 15.2. The van der Waals surface area contributed by atoms with Gasteiger partial charge < -0.3 is 9.47 Å². The van der Waals surface area contributed by atoms with Crippen LogP contribution in [0.4, 0.5) is 0 Å². The van der Waals surface area contributed by atoms with E-state index in [9.17, 15) is 4.79 Å². The van der Waals surface area contributed by atoms with Crippen LogP contribution in [0.25, 0.3) is 0 Å². The van der Waals surface area contributed by atoms with E-state index in [-0.39, 0.29) is 5.41 Å². The van der Waals surface area contributed by atoms with Crippen LogP contribution in [-0.4, -0.2) is 23.9 Å². The molecule has 1 spiro atoms. The number of thioether (sulfide) groups is 1. The van der Waals surface area contributed by atoms with E-state index in [0.29, 0.717) is 30.2 Å². The van der Waals surface area contributed by atoms with Gasteiger partial charge in [0.25, 0.3) is 5.95 Å². The van der Waals surface area contributed by atoms with Gasteiger partial charge >= 0.3 is 0 Å². The standard InChI is InChI=1S/C18H24O3S/c1-2-20-16-10-18(5-6-18)17-14(19)8-13(9-15(17)21-16)12-4-3-7-22-11-12/h10,12-13H,2-9,11H2,1H3. The number of rotatable bonds is 3. The molecule has 1 saturated carbocycles. The average molecular weight is 320 g/mol. The van der Waals surface area contributed by atoms with Crippen LogP contribution in [0.3, 0.4) is 0 Å². The SMILES string of the molecule is CCOC1=CC2(CC2)C2=C(CC(C3CCCSC3)CC2=O)O1. The molecular formula is C18H24O3S. The van der Waals surface area contributed by atoms with E-state index in [4.69, 9.17) is 9.47 Å². The third-order valence-electron chi connectivity index (χ3n) is 5.51. The van der Waals surface area contributed by atoms with Gasteiger partial charge in [0.15, 0.2) is 5.78 Å². The third kappa shape index (κ3) is 2.49. The molecule has 4 heteroatoms. The monoisotopic (exact) mass is 320 g/mol. The summed E-state index contributed by atoms with van der Waals surface area (Å²) < 4.78 is 11.6. The number of ether oxygens (including phenoxy) is 2. The Hall–Kier alpha value is -0.900. The number of carbonyl (C=O) groups excluding carboxylic acids is 1. The summed E-state index contributed by atoms with van der Waals surface area (Å²) in [4.78, 5) is 12.8. The van der Waals surface area contributed by atoms with Crippen LogP contribution < -0.4 is 0 Å². The van der Waals surface area contributed by atoms with Gasteiger partial charge in [0.2, 0.25) is 0 Å². The normalized spacial score (nSPS) is 33.1. The lowest BCUT2D eigenvalue weighted by Gasteiger charge is -2.37. The van der Waals surface area contributed by atoms with E-state index < -0.39 is 0 Å². The van der Waals surface area contributed by atoms with Crippen molar-refractivity contribution in [1.82, 2.24) is 0 Å². The predicted molar refractivity (Wildman–Crippen MR) is 87.3 cm³/mol. The van der Waals surface area contributed by atoms with Crippen LogP contribution in [0.2, 0.25) is 0 Å². The van der Waals surface area contributed by atoms with Gasteiger partial charge in [-0.25, -0.2) is 0 Å². The highest BCUT2D eigenvalue weighted by Crippen LogP contribution is 2.59. The summed E-state index contributed by atoms with van der Waals surface area (Å²) in [6, 6.07) is 0.